The van der Waals surface area contributed by atoms with Gasteiger partial charge in [0, 0.05) is 15.9 Å². The van der Waals surface area contributed by atoms with E-state index in [0.717, 1.165) is 27.2 Å². The zero-order valence-corrected chi connectivity index (χ0v) is 11.8. The van der Waals surface area contributed by atoms with Gasteiger partial charge in [-0.3, -0.25) is 0 Å². The van der Waals surface area contributed by atoms with E-state index in [0.29, 0.717) is 0 Å². The van der Waals surface area contributed by atoms with Gasteiger partial charge in [-0.25, -0.2) is 0 Å². The Hall–Kier alpha value is -0.990. The van der Waals surface area contributed by atoms with Gasteiger partial charge in [0.05, 0.1) is 7.11 Å². The molecule has 0 N–H and O–H groups in total. The molecular formula is C14H12BrClO. The lowest BCUT2D eigenvalue weighted by Gasteiger charge is -2.07. The molecule has 0 saturated carbocycles. The van der Waals surface area contributed by atoms with Crippen molar-refractivity contribution in [2.45, 2.75) is 6.42 Å². The van der Waals surface area contributed by atoms with Gasteiger partial charge in [0.2, 0.25) is 0 Å². The maximum absolute atomic E-state index is 6.18. The Labute approximate surface area is 115 Å². The van der Waals surface area contributed by atoms with Gasteiger partial charge in [-0.15, -0.1) is 0 Å². The first-order chi connectivity index (χ1) is 8.20. The second-order valence-corrected chi connectivity index (χ2v) is 4.99. The van der Waals surface area contributed by atoms with Crippen molar-refractivity contribution >= 4 is 27.5 Å². The molecule has 0 spiro atoms. The van der Waals surface area contributed by atoms with E-state index >= 15 is 0 Å². The predicted molar refractivity (Wildman–Crippen MR) is 75.0 cm³/mol. The Morgan fingerprint density at radius 2 is 1.82 bits per heavy atom. The summed E-state index contributed by atoms with van der Waals surface area (Å²) in [6.45, 7) is 0. The summed E-state index contributed by atoms with van der Waals surface area (Å²) >= 11 is 9.71. The van der Waals surface area contributed by atoms with Crippen LogP contribution >= 0.6 is 27.5 Å². The van der Waals surface area contributed by atoms with Gasteiger partial charge in [-0.05, 0) is 35.4 Å². The molecule has 88 valence electrons. The number of methoxy groups -OCH3 is 1. The minimum Gasteiger partial charge on any atom is -0.497 e. The molecule has 0 saturated heterocycles. The topological polar surface area (TPSA) is 9.23 Å². The van der Waals surface area contributed by atoms with Crippen molar-refractivity contribution in [3.63, 3.8) is 0 Å². The Balaban J connectivity index is 2.25. The Bertz CT molecular complexity index is 488. The Morgan fingerprint density at radius 3 is 2.41 bits per heavy atom. The summed E-state index contributed by atoms with van der Waals surface area (Å²) in [5.74, 6) is 0.868. The summed E-state index contributed by atoms with van der Waals surface area (Å²) < 4.78 is 6.17. The summed E-state index contributed by atoms with van der Waals surface area (Å²) in [5, 5.41) is 0.787. The first kappa shape index (κ1) is 12.5. The van der Waals surface area contributed by atoms with Crippen LogP contribution in [-0.4, -0.2) is 7.11 Å². The molecule has 3 heteroatoms. The van der Waals surface area contributed by atoms with Gasteiger partial charge in [0.1, 0.15) is 5.75 Å². The van der Waals surface area contributed by atoms with E-state index in [-0.39, 0.29) is 0 Å². The van der Waals surface area contributed by atoms with Crippen LogP contribution in [0.1, 0.15) is 11.1 Å². The van der Waals surface area contributed by atoms with Gasteiger partial charge in [0.15, 0.2) is 0 Å². The van der Waals surface area contributed by atoms with E-state index in [1.807, 2.05) is 30.3 Å². The second-order valence-electron chi connectivity index (χ2n) is 3.73. The van der Waals surface area contributed by atoms with Crippen LogP contribution in [0.3, 0.4) is 0 Å². The lowest BCUT2D eigenvalue weighted by molar-refractivity contribution is 0.414. The van der Waals surface area contributed by atoms with Crippen LogP contribution in [0.4, 0.5) is 0 Å². The molecule has 2 rings (SSSR count). The highest BCUT2D eigenvalue weighted by atomic mass is 79.9. The highest BCUT2D eigenvalue weighted by Gasteiger charge is 2.06. The van der Waals surface area contributed by atoms with Gasteiger partial charge in [-0.1, -0.05) is 45.7 Å². The standard InChI is InChI=1S/C14H12BrClO/c1-17-11-7-5-10(6-8-11)9-12-13(15)3-2-4-14(12)16/h2-8H,9H2,1H3. The van der Waals surface area contributed by atoms with E-state index in [1.165, 1.54) is 5.56 Å². The van der Waals surface area contributed by atoms with Crippen molar-refractivity contribution in [2.75, 3.05) is 7.11 Å². The SMILES string of the molecule is COc1ccc(Cc2c(Cl)cccc2Br)cc1. The van der Waals surface area contributed by atoms with Gasteiger partial charge < -0.3 is 4.74 Å². The van der Waals surface area contributed by atoms with Crippen molar-refractivity contribution in [1.82, 2.24) is 0 Å². The molecule has 0 fully saturated rings. The third kappa shape index (κ3) is 3.02. The number of ether oxygens (including phenoxy) is 1. The zero-order valence-electron chi connectivity index (χ0n) is 9.41. The maximum atomic E-state index is 6.18. The number of halogens is 2. The maximum Gasteiger partial charge on any atom is 0.118 e. The third-order valence-corrected chi connectivity index (χ3v) is 3.70. The molecule has 0 radical (unpaired) electrons. The minimum absolute atomic E-state index is 0.787. The van der Waals surface area contributed by atoms with Gasteiger partial charge in [0.25, 0.3) is 0 Å². The Morgan fingerprint density at radius 1 is 1.12 bits per heavy atom. The monoisotopic (exact) mass is 310 g/mol. The van der Waals surface area contributed by atoms with Crippen LogP contribution in [0.25, 0.3) is 0 Å². The molecule has 0 aliphatic carbocycles. The minimum atomic E-state index is 0.787. The molecule has 2 aromatic carbocycles. The van der Waals surface area contributed by atoms with E-state index in [1.54, 1.807) is 7.11 Å². The zero-order chi connectivity index (χ0) is 12.3. The number of hydrogen-bond donors (Lipinski definition) is 0. The fourth-order valence-corrected chi connectivity index (χ4v) is 2.51. The number of hydrogen-bond acceptors (Lipinski definition) is 1. The van der Waals surface area contributed by atoms with Crippen molar-refractivity contribution < 1.29 is 4.74 Å². The predicted octanol–water partition coefficient (Wildman–Crippen LogP) is 4.70. The highest BCUT2D eigenvalue weighted by molar-refractivity contribution is 9.10. The van der Waals surface area contributed by atoms with Crippen molar-refractivity contribution in [2.24, 2.45) is 0 Å². The molecule has 0 unspecified atom stereocenters. The molecule has 17 heavy (non-hydrogen) atoms. The average molecular weight is 312 g/mol. The third-order valence-electron chi connectivity index (χ3n) is 2.60. The molecule has 1 nitrogen and oxygen atoms in total. The molecule has 2 aromatic rings. The largest absolute Gasteiger partial charge is 0.497 e. The highest BCUT2D eigenvalue weighted by Crippen LogP contribution is 2.27. The lowest BCUT2D eigenvalue weighted by Crippen LogP contribution is -1.91. The Kier molecular flexibility index (Phi) is 4.08. The number of benzene rings is 2. The summed E-state index contributed by atoms with van der Waals surface area (Å²) in [6, 6.07) is 13.9. The van der Waals surface area contributed by atoms with Crippen LogP contribution in [0.5, 0.6) is 5.75 Å². The fourth-order valence-electron chi connectivity index (χ4n) is 1.65. The van der Waals surface area contributed by atoms with Crippen LogP contribution in [0.2, 0.25) is 5.02 Å². The van der Waals surface area contributed by atoms with Crippen LogP contribution in [0.15, 0.2) is 46.9 Å². The van der Waals surface area contributed by atoms with Crippen LogP contribution in [0, 0.1) is 0 Å². The number of rotatable bonds is 3. The summed E-state index contributed by atoms with van der Waals surface area (Å²) in [7, 11) is 1.67. The molecule has 0 aliphatic heterocycles. The van der Waals surface area contributed by atoms with Crippen molar-refractivity contribution in [3.8, 4) is 5.75 Å². The normalized spacial score (nSPS) is 10.3. The molecule has 0 aromatic heterocycles. The second kappa shape index (κ2) is 5.56. The molecular weight excluding hydrogens is 300 g/mol. The van der Waals surface area contributed by atoms with Gasteiger partial charge >= 0.3 is 0 Å². The molecule has 0 heterocycles. The first-order valence-electron chi connectivity index (χ1n) is 5.26. The van der Waals surface area contributed by atoms with E-state index in [2.05, 4.69) is 28.1 Å². The fraction of sp³-hybridized carbons (Fsp3) is 0.143. The first-order valence-corrected chi connectivity index (χ1v) is 6.43. The van der Waals surface area contributed by atoms with E-state index < -0.39 is 0 Å². The lowest BCUT2D eigenvalue weighted by atomic mass is 10.1. The molecule has 0 amide bonds. The summed E-state index contributed by atoms with van der Waals surface area (Å²) in [4.78, 5) is 0. The van der Waals surface area contributed by atoms with Crippen LogP contribution < -0.4 is 4.74 Å². The summed E-state index contributed by atoms with van der Waals surface area (Å²) in [6.07, 6.45) is 0.810. The van der Waals surface area contributed by atoms with Crippen LogP contribution in [-0.2, 0) is 6.42 Å². The molecule has 0 aliphatic rings. The quantitative estimate of drug-likeness (QED) is 0.798. The van der Waals surface area contributed by atoms with E-state index in [9.17, 15) is 0 Å². The van der Waals surface area contributed by atoms with E-state index in [4.69, 9.17) is 16.3 Å². The molecule has 0 atom stereocenters. The molecule has 0 bridgehead atoms. The van der Waals surface area contributed by atoms with Crippen molar-refractivity contribution in [3.05, 3.63) is 63.1 Å². The van der Waals surface area contributed by atoms with Gasteiger partial charge in [-0.2, -0.15) is 0 Å². The smallest absolute Gasteiger partial charge is 0.118 e. The van der Waals surface area contributed by atoms with Crippen molar-refractivity contribution in [1.29, 1.82) is 0 Å². The average Bonchev–Trinajstić information content (AvgIpc) is 2.35. The summed E-state index contributed by atoms with van der Waals surface area (Å²) in [5.41, 5.74) is 2.32.